The van der Waals surface area contributed by atoms with E-state index < -0.39 is 23.5 Å². The maximum absolute atomic E-state index is 14.9. The quantitative estimate of drug-likeness (QED) is 0.348. The van der Waals surface area contributed by atoms with Crippen molar-refractivity contribution in [3.8, 4) is 5.75 Å². The Morgan fingerprint density at radius 1 is 1.12 bits per heavy atom. The lowest BCUT2D eigenvalue weighted by Crippen LogP contribution is -2.38. The molecule has 1 fully saturated rings. The van der Waals surface area contributed by atoms with Crippen LogP contribution in [0.5, 0.6) is 5.75 Å². The third-order valence-electron chi connectivity index (χ3n) is 6.06. The summed E-state index contributed by atoms with van der Waals surface area (Å²) in [5.41, 5.74) is 1.17. The molecular weight excluding hydrogens is 423 g/mol. The molecule has 2 aromatic carbocycles. The zero-order valence-corrected chi connectivity index (χ0v) is 19.6. The number of amides is 1. The second kappa shape index (κ2) is 10.6. The number of carbonyl (C=O) groups excluding carboxylic acids is 2. The van der Waals surface area contributed by atoms with Crippen LogP contribution in [-0.4, -0.2) is 59.4 Å². The number of ketones is 1. The third-order valence-corrected chi connectivity index (χ3v) is 6.06. The van der Waals surface area contributed by atoms with Gasteiger partial charge in [0.15, 0.2) is 0 Å². The molecular formula is C26H31FN2O4. The fraction of sp³-hybridized carbons (Fsp3) is 0.385. The molecule has 0 unspecified atom stereocenters. The molecule has 0 aromatic heterocycles. The Morgan fingerprint density at radius 3 is 2.42 bits per heavy atom. The summed E-state index contributed by atoms with van der Waals surface area (Å²) in [7, 11) is 0. The standard InChI is InChI=1S/C26H31FN2O4/c1-5-28(6-2)14-15-29-23(20-10-8-9-11-21(20)27)22(25(31)26(29)32)24(30)19-13-12-18(33-7-3)16-17(19)4/h8-13,16,23,30H,5-7,14-15H2,1-4H3/t23-/m0/s1. The average Bonchev–Trinajstić information content (AvgIpc) is 3.05. The number of nitrogens with zero attached hydrogens (tertiary/aromatic N) is 2. The van der Waals surface area contributed by atoms with Crippen LogP contribution < -0.4 is 4.74 Å². The van der Waals surface area contributed by atoms with E-state index in [0.717, 1.165) is 13.1 Å². The molecule has 0 saturated carbocycles. The minimum atomic E-state index is -1.01. The van der Waals surface area contributed by atoms with Crippen molar-refractivity contribution in [3.05, 3.63) is 70.5 Å². The topological polar surface area (TPSA) is 70.1 Å². The van der Waals surface area contributed by atoms with Crippen molar-refractivity contribution in [2.45, 2.75) is 33.7 Å². The number of aliphatic hydroxyl groups is 1. The number of likely N-dealkylation sites (tertiary alicyclic amines) is 1. The first-order valence-electron chi connectivity index (χ1n) is 11.3. The maximum atomic E-state index is 14.9. The zero-order chi connectivity index (χ0) is 24.1. The van der Waals surface area contributed by atoms with Gasteiger partial charge in [0, 0.05) is 24.2 Å². The van der Waals surface area contributed by atoms with Crippen molar-refractivity contribution < 1.29 is 23.8 Å². The number of aryl methyl sites for hydroxylation is 1. The molecule has 1 aliphatic heterocycles. The van der Waals surface area contributed by atoms with Gasteiger partial charge in [-0.1, -0.05) is 32.0 Å². The molecule has 0 spiro atoms. The lowest BCUT2D eigenvalue weighted by molar-refractivity contribution is -0.140. The van der Waals surface area contributed by atoms with Crippen molar-refractivity contribution in [2.75, 3.05) is 32.8 Å². The van der Waals surface area contributed by atoms with Crippen LogP contribution in [0.15, 0.2) is 48.0 Å². The summed E-state index contributed by atoms with van der Waals surface area (Å²) >= 11 is 0. The predicted octanol–water partition coefficient (Wildman–Crippen LogP) is 4.30. The van der Waals surface area contributed by atoms with Crippen LogP contribution >= 0.6 is 0 Å². The Balaban J connectivity index is 2.13. The number of benzene rings is 2. The van der Waals surface area contributed by atoms with E-state index in [2.05, 4.69) is 4.90 Å². The summed E-state index contributed by atoms with van der Waals surface area (Å²) in [5, 5.41) is 11.2. The van der Waals surface area contributed by atoms with E-state index in [1.54, 1.807) is 43.3 Å². The predicted molar refractivity (Wildman–Crippen MR) is 126 cm³/mol. The monoisotopic (exact) mass is 454 g/mol. The van der Waals surface area contributed by atoms with Crippen molar-refractivity contribution in [1.82, 2.24) is 9.80 Å². The van der Waals surface area contributed by atoms with E-state index in [1.165, 1.54) is 11.0 Å². The first kappa shape index (κ1) is 24.5. The van der Waals surface area contributed by atoms with Gasteiger partial charge in [0.05, 0.1) is 18.2 Å². The van der Waals surface area contributed by atoms with Crippen molar-refractivity contribution in [2.24, 2.45) is 0 Å². The highest BCUT2D eigenvalue weighted by atomic mass is 19.1. The Hall–Kier alpha value is -3.19. The van der Waals surface area contributed by atoms with Gasteiger partial charge in [-0.05, 0) is 56.8 Å². The lowest BCUT2D eigenvalue weighted by Gasteiger charge is -2.28. The van der Waals surface area contributed by atoms with E-state index >= 15 is 0 Å². The van der Waals surface area contributed by atoms with Crippen LogP contribution in [0.2, 0.25) is 0 Å². The summed E-state index contributed by atoms with van der Waals surface area (Å²) < 4.78 is 20.4. The number of hydrogen-bond donors (Lipinski definition) is 1. The lowest BCUT2D eigenvalue weighted by atomic mass is 9.93. The van der Waals surface area contributed by atoms with Gasteiger partial charge in [0.2, 0.25) is 0 Å². The van der Waals surface area contributed by atoms with E-state index in [9.17, 15) is 19.1 Å². The number of halogens is 1. The summed E-state index contributed by atoms with van der Waals surface area (Å²) in [4.78, 5) is 29.6. The molecule has 1 amide bonds. The van der Waals surface area contributed by atoms with Crippen molar-refractivity contribution in [1.29, 1.82) is 0 Å². The van der Waals surface area contributed by atoms with Crippen LogP contribution in [0.4, 0.5) is 4.39 Å². The van der Waals surface area contributed by atoms with Crippen LogP contribution in [-0.2, 0) is 9.59 Å². The Bertz CT molecular complexity index is 1060. The molecule has 6 nitrogen and oxygen atoms in total. The highest BCUT2D eigenvalue weighted by Gasteiger charge is 2.46. The summed E-state index contributed by atoms with van der Waals surface area (Å²) in [6.45, 7) is 10.5. The van der Waals surface area contributed by atoms with Gasteiger partial charge in [0.25, 0.3) is 11.7 Å². The minimum Gasteiger partial charge on any atom is -0.507 e. The van der Waals surface area contributed by atoms with Gasteiger partial charge in [-0.25, -0.2) is 4.39 Å². The first-order valence-corrected chi connectivity index (χ1v) is 11.3. The van der Waals surface area contributed by atoms with E-state index in [4.69, 9.17) is 4.74 Å². The van der Waals surface area contributed by atoms with Gasteiger partial charge in [0.1, 0.15) is 17.3 Å². The fourth-order valence-corrected chi connectivity index (χ4v) is 4.22. The SMILES string of the molecule is CCOc1ccc(C(O)=C2C(=O)C(=O)N(CCN(CC)CC)[C@H]2c2ccccc2F)c(C)c1. The second-order valence-electron chi connectivity index (χ2n) is 7.95. The van der Waals surface area contributed by atoms with Crippen LogP contribution in [0.25, 0.3) is 5.76 Å². The highest BCUT2D eigenvalue weighted by Crippen LogP contribution is 2.40. The van der Waals surface area contributed by atoms with E-state index in [-0.39, 0.29) is 23.4 Å². The molecule has 1 aliphatic rings. The maximum Gasteiger partial charge on any atom is 0.295 e. The molecule has 2 aromatic rings. The molecule has 33 heavy (non-hydrogen) atoms. The molecule has 0 aliphatic carbocycles. The van der Waals surface area contributed by atoms with E-state index in [0.29, 0.717) is 30.0 Å². The number of aliphatic hydroxyl groups excluding tert-OH is 1. The number of rotatable bonds is 9. The van der Waals surface area contributed by atoms with E-state index in [1.807, 2.05) is 20.8 Å². The number of likely N-dealkylation sites (N-methyl/N-ethyl adjacent to an activating group) is 1. The van der Waals surface area contributed by atoms with Gasteiger partial charge in [-0.3, -0.25) is 9.59 Å². The molecule has 1 saturated heterocycles. The summed E-state index contributed by atoms with van der Waals surface area (Å²) in [6, 6.07) is 10.1. The third kappa shape index (κ3) is 4.93. The molecule has 7 heteroatoms. The van der Waals surface area contributed by atoms with Gasteiger partial charge in [-0.15, -0.1) is 0 Å². The average molecular weight is 455 g/mol. The Morgan fingerprint density at radius 2 is 1.82 bits per heavy atom. The van der Waals surface area contributed by atoms with Gasteiger partial charge < -0.3 is 19.6 Å². The second-order valence-corrected chi connectivity index (χ2v) is 7.95. The highest BCUT2D eigenvalue weighted by molar-refractivity contribution is 6.46. The van der Waals surface area contributed by atoms with Gasteiger partial charge in [-0.2, -0.15) is 0 Å². The first-order chi connectivity index (χ1) is 15.8. The normalized spacial score (nSPS) is 17.8. The number of hydrogen-bond acceptors (Lipinski definition) is 5. The molecule has 1 heterocycles. The number of Topliss-reactive ketones (excluding diaryl/α,β-unsaturated/α-hetero) is 1. The summed E-state index contributed by atoms with van der Waals surface area (Å²) in [6.07, 6.45) is 0. The molecule has 0 bridgehead atoms. The fourth-order valence-electron chi connectivity index (χ4n) is 4.22. The smallest absolute Gasteiger partial charge is 0.295 e. The molecule has 1 N–H and O–H groups in total. The molecule has 3 rings (SSSR count). The summed E-state index contributed by atoms with van der Waals surface area (Å²) in [5.74, 6) is -1.76. The molecule has 1 atom stereocenters. The molecule has 0 radical (unpaired) electrons. The van der Waals surface area contributed by atoms with Crippen LogP contribution in [0.1, 0.15) is 43.5 Å². The minimum absolute atomic E-state index is 0.100. The van der Waals surface area contributed by atoms with Gasteiger partial charge >= 0.3 is 0 Å². The van der Waals surface area contributed by atoms with Crippen molar-refractivity contribution >= 4 is 17.4 Å². The number of ether oxygens (including phenoxy) is 1. The van der Waals surface area contributed by atoms with Crippen molar-refractivity contribution in [3.63, 3.8) is 0 Å². The largest absolute Gasteiger partial charge is 0.507 e. The Kier molecular flexibility index (Phi) is 7.87. The zero-order valence-electron chi connectivity index (χ0n) is 19.6. The van der Waals surface area contributed by atoms with Crippen LogP contribution in [0.3, 0.4) is 0 Å². The number of carbonyl (C=O) groups is 2. The van der Waals surface area contributed by atoms with Crippen LogP contribution in [0, 0.1) is 12.7 Å². The molecule has 176 valence electrons. The Labute approximate surface area is 194 Å².